The molecule has 10 nitrogen and oxygen atoms in total. The minimum Gasteiger partial charge on any atom is -0.341 e. The van der Waals surface area contributed by atoms with Crippen LogP contribution < -0.4 is 20.9 Å². The smallest absolute Gasteiger partial charge is 0.318 e. The molecule has 1 saturated heterocycles. The van der Waals surface area contributed by atoms with Crippen LogP contribution in [-0.4, -0.2) is 42.4 Å². The number of urea groups is 1. The highest BCUT2D eigenvalue weighted by Gasteiger charge is 2.60. The van der Waals surface area contributed by atoms with Crippen LogP contribution in [0.25, 0.3) is 0 Å². The van der Waals surface area contributed by atoms with E-state index in [1.807, 2.05) is 30.3 Å². The summed E-state index contributed by atoms with van der Waals surface area (Å²) in [7, 11) is 1.49. The van der Waals surface area contributed by atoms with Crippen LogP contribution in [0.2, 0.25) is 0 Å². The standard InChI is InChI=1S/C27H25N5O5/c1-28-26(36)31-18-7-8-22-20(13-18)21(24(34)27(22)25(35)30-16-37-27)14-23(33)32(19-9-11-29-12-10-19)15-17-5-3-2-4-6-17/h2-13,21H,14-16H2,1H3,(H,30,35)(H2,28,31,36)/t21?,27-/m1/s1. The average Bonchev–Trinajstić information content (AvgIpc) is 3.42. The van der Waals surface area contributed by atoms with Gasteiger partial charge in [0.1, 0.15) is 6.73 Å². The third-order valence-corrected chi connectivity index (χ3v) is 6.63. The lowest BCUT2D eigenvalue weighted by atomic mass is 9.92. The van der Waals surface area contributed by atoms with Gasteiger partial charge in [-0.2, -0.15) is 0 Å². The number of ether oxygens (including phenoxy) is 1. The molecule has 5 rings (SSSR count). The number of carbonyl (C=O) groups is 4. The summed E-state index contributed by atoms with van der Waals surface area (Å²) in [6.45, 7) is 0.178. The van der Waals surface area contributed by atoms with Crippen LogP contribution in [0.5, 0.6) is 0 Å². The van der Waals surface area contributed by atoms with Gasteiger partial charge in [-0.25, -0.2) is 4.79 Å². The van der Waals surface area contributed by atoms with Gasteiger partial charge >= 0.3 is 6.03 Å². The van der Waals surface area contributed by atoms with Crippen molar-refractivity contribution in [2.45, 2.75) is 24.5 Å². The fourth-order valence-electron chi connectivity index (χ4n) is 4.85. The largest absolute Gasteiger partial charge is 0.341 e. The molecule has 188 valence electrons. The van der Waals surface area contributed by atoms with Crippen LogP contribution in [0.3, 0.4) is 0 Å². The van der Waals surface area contributed by atoms with E-state index in [-0.39, 0.29) is 25.6 Å². The first-order valence-corrected chi connectivity index (χ1v) is 11.8. The maximum Gasteiger partial charge on any atom is 0.318 e. The van der Waals surface area contributed by atoms with E-state index < -0.39 is 29.2 Å². The van der Waals surface area contributed by atoms with Gasteiger partial charge in [-0.3, -0.25) is 19.4 Å². The summed E-state index contributed by atoms with van der Waals surface area (Å²) in [4.78, 5) is 57.9. The maximum absolute atomic E-state index is 13.8. The van der Waals surface area contributed by atoms with Crippen LogP contribution in [0.1, 0.15) is 29.0 Å². The van der Waals surface area contributed by atoms with Gasteiger partial charge in [0.2, 0.25) is 11.5 Å². The highest BCUT2D eigenvalue weighted by atomic mass is 16.5. The Bertz CT molecular complexity index is 1360. The van der Waals surface area contributed by atoms with Crippen LogP contribution in [0.4, 0.5) is 16.2 Å². The maximum atomic E-state index is 13.8. The highest BCUT2D eigenvalue weighted by Crippen LogP contribution is 2.48. The zero-order valence-electron chi connectivity index (χ0n) is 20.1. The Morgan fingerprint density at radius 1 is 1.11 bits per heavy atom. The van der Waals surface area contributed by atoms with Crippen molar-refractivity contribution in [2.24, 2.45) is 0 Å². The number of nitrogens with zero attached hydrogens (tertiary/aromatic N) is 2. The topological polar surface area (TPSA) is 130 Å². The molecule has 1 unspecified atom stereocenters. The fourth-order valence-corrected chi connectivity index (χ4v) is 4.85. The molecule has 4 amide bonds. The number of hydrogen-bond donors (Lipinski definition) is 3. The van der Waals surface area contributed by atoms with Crippen LogP contribution in [0.15, 0.2) is 73.1 Å². The van der Waals surface area contributed by atoms with Crippen LogP contribution in [0, 0.1) is 0 Å². The highest BCUT2D eigenvalue weighted by molar-refractivity contribution is 6.18. The zero-order chi connectivity index (χ0) is 26.0. The van der Waals surface area contributed by atoms with E-state index in [9.17, 15) is 19.2 Å². The molecule has 3 N–H and O–H groups in total. The second-order valence-electron chi connectivity index (χ2n) is 8.77. The number of aromatic nitrogens is 1. The Labute approximate surface area is 213 Å². The Morgan fingerprint density at radius 2 is 1.86 bits per heavy atom. The van der Waals surface area contributed by atoms with Gasteiger partial charge in [-0.05, 0) is 35.4 Å². The summed E-state index contributed by atoms with van der Waals surface area (Å²) < 4.78 is 5.70. The molecule has 1 aliphatic carbocycles. The second-order valence-corrected chi connectivity index (χ2v) is 8.77. The van der Waals surface area contributed by atoms with Gasteiger partial charge in [0.05, 0.1) is 12.5 Å². The number of ketones is 1. The van der Waals surface area contributed by atoms with Gasteiger partial charge in [0.15, 0.2) is 5.78 Å². The number of carbonyl (C=O) groups excluding carboxylic acids is 4. The predicted molar refractivity (Wildman–Crippen MR) is 135 cm³/mol. The van der Waals surface area contributed by atoms with Gasteiger partial charge in [0, 0.05) is 42.8 Å². The van der Waals surface area contributed by atoms with E-state index in [2.05, 4.69) is 20.9 Å². The number of hydrogen-bond acceptors (Lipinski definition) is 6. The van der Waals surface area contributed by atoms with Crippen molar-refractivity contribution in [3.8, 4) is 0 Å². The summed E-state index contributed by atoms with van der Waals surface area (Å²) in [5.41, 5.74) is 1.01. The number of pyridine rings is 1. The van der Waals surface area contributed by atoms with Gasteiger partial charge in [-0.1, -0.05) is 36.4 Å². The number of nitrogens with one attached hydrogen (secondary N) is 3. The Balaban J connectivity index is 1.51. The van der Waals surface area contributed by atoms with E-state index in [1.54, 1.807) is 47.6 Å². The number of anilines is 2. The van der Waals surface area contributed by atoms with Crippen molar-refractivity contribution >= 4 is 35.0 Å². The van der Waals surface area contributed by atoms with Crippen molar-refractivity contribution in [3.63, 3.8) is 0 Å². The quantitative estimate of drug-likeness (QED) is 0.447. The lowest BCUT2D eigenvalue weighted by Gasteiger charge is -2.25. The van der Waals surface area contributed by atoms with Crippen molar-refractivity contribution in [2.75, 3.05) is 24.0 Å². The number of amides is 4. The molecule has 2 atom stereocenters. The van der Waals surface area contributed by atoms with Crippen molar-refractivity contribution < 1.29 is 23.9 Å². The molecular weight excluding hydrogens is 474 g/mol. The monoisotopic (exact) mass is 499 g/mol. The minimum absolute atomic E-state index is 0.111. The number of benzene rings is 2. The molecule has 2 aromatic carbocycles. The van der Waals surface area contributed by atoms with Crippen LogP contribution >= 0.6 is 0 Å². The molecular formula is C27H25N5O5. The molecule has 37 heavy (non-hydrogen) atoms. The Hall–Kier alpha value is -4.57. The number of Topliss-reactive ketones (excluding diaryl/α,β-unsaturated/α-hetero) is 1. The zero-order valence-corrected chi connectivity index (χ0v) is 20.1. The normalized spacial score (nSPS) is 19.9. The summed E-state index contributed by atoms with van der Waals surface area (Å²) in [5, 5.41) is 7.72. The van der Waals surface area contributed by atoms with E-state index in [0.29, 0.717) is 22.5 Å². The van der Waals surface area contributed by atoms with E-state index in [4.69, 9.17) is 4.74 Å². The first-order chi connectivity index (χ1) is 17.9. The molecule has 3 aromatic rings. The molecule has 2 aliphatic rings. The molecule has 0 bridgehead atoms. The van der Waals surface area contributed by atoms with Crippen LogP contribution in [-0.2, 0) is 31.3 Å². The molecule has 1 aliphatic heterocycles. The molecule has 0 saturated carbocycles. The third-order valence-electron chi connectivity index (χ3n) is 6.63. The minimum atomic E-state index is -1.81. The molecule has 1 spiro atoms. The summed E-state index contributed by atoms with van der Waals surface area (Å²) in [5.74, 6) is -2.31. The fraction of sp³-hybridized carbons (Fsp3) is 0.222. The SMILES string of the molecule is CNC(=O)Nc1ccc2c(c1)C(CC(=O)N(Cc1ccccc1)c1ccncc1)C(=O)[C@]21OCNC1=O. The second kappa shape index (κ2) is 9.82. The average molecular weight is 500 g/mol. The first-order valence-electron chi connectivity index (χ1n) is 11.8. The summed E-state index contributed by atoms with van der Waals surface area (Å²) in [6.07, 6.45) is 3.00. The summed E-state index contributed by atoms with van der Waals surface area (Å²) >= 11 is 0. The molecule has 1 fully saturated rings. The Kier molecular flexibility index (Phi) is 6.41. The van der Waals surface area contributed by atoms with E-state index in [0.717, 1.165) is 5.56 Å². The summed E-state index contributed by atoms with van der Waals surface area (Å²) in [6, 6.07) is 17.3. The number of rotatable bonds is 6. The van der Waals surface area contributed by atoms with Gasteiger partial charge in [0.25, 0.3) is 5.91 Å². The number of fused-ring (bicyclic) bond motifs is 2. The first kappa shape index (κ1) is 24.1. The van der Waals surface area contributed by atoms with Gasteiger partial charge in [-0.15, -0.1) is 0 Å². The van der Waals surface area contributed by atoms with Gasteiger partial charge < -0.3 is 25.6 Å². The predicted octanol–water partition coefficient (Wildman–Crippen LogP) is 2.42. The lowest BCUT2D eigenvalue weighted by molar-refractivity contribution is -0.149. The Morgan fingerprint density at radius 3 is 2.54 bits per heavy atom. The van der Waals surface area contributed by atoms with Crippen molar-refractivity contribution in [1.82, 2.24) is 15.6 Å². The van der Waals surface area contributed by atoms with Crippen molar-refractivity contribution in [1.29, 1.82) is 0 Å². The third kappa shape index (κ3) is 4.31. The van der Waals surface area contributed by atoms with Crippen molar-refractivity contribution in [3.05, 3.63) is 89.7 Å². The van der Waals surface area contributed by atoms with E-state index >= 15 is 0 Å². The molecule has 10 heteroatoms. The molecule has 2 heterocycles. The lowest BCUT2D eigenvalue weighted by Crippen LogP contribution is -2.42. The van der Waals surface area contributed by atoms with E-state index in [1.165, 1.54) is 7.05 Å². The molecule has 0 radical (unpaired) electrons. The molecule has 1 aromatic heterocycles.